The fourth-order valence-corrected chi connectivity index (χ4v) is 5.03. The van der Waals surface area contributed by atoms with E-state index in [1.54, 1.807) is 32.2 Å². The van der Waals surface area contributed by atoms with Crippen LogP contribution in [-0.4, -0.2) is 51.5 Å². The normalized spacial score (nSPS) is 11.0. The Labute approximate surface area is 198 Å². The molecule has 0 spiro atoms. The second-order valence-corrected chi connectivity index (χ2v) is 9.20. The van der Waals surface area contributed by atoms with Crippen LogP contribution in [-0.2, 0) is 17.0 Å². The number of rotatable bonds is 8. The van der Waals surface area contributed by atoms with Crippen LogP contribution in [0.5, 0.6) is 5.75 Å². The number of thioether (sulfide) groups is 1. The quantitative estimate of drug-likeness (QED) is 0.209. The first kappa shape index (κ1) is 22.7. The molecule has 2 heterocycles. The van der Waals surface area contributed by atoms with Gasteiger partial charge in [-0.25, -0.2) is 9.97 Å². The predicted octanol–water partition coefficient (Wildman–Crippen LogP) is 4.32. The number of carbonyl (C=O) groups excluding carboxylic acids is 1. The molecule has 33 heavy (non-hydrogen) atoms. The number of amides is 1. The Morgan fingerprint density at radius 2 is 2.03 bits per heavy atom. The molecular weight excluding hydrogens is 462 g/mol. The van der Waals surface area contributed by atoms with Crippen LogP contribution in [0.1, 0.15) is 10.7 Å². The Bertz CT molecular complexity index is 1330. The fraction of sp³-hybridized carbons (Fsp3) is 0.227. The van der Waals surface area contributed by atoms with E-state index in [1.165, 1.54) is 35.2 Å². The fourth-order valence-electron chi connectivity index (χ4n) is 3.23. The first-order chi connectivity index (χ1) is 15.9. The molecular formula is C22H21N5O4S2. The molecule has 0 aliphatic heterocycles. The van der Waals surface area contributed by atoms with Gasteiger partial charge in [-0.15, -0.1) is 11.3 Å². The Kier molecular flexibility index (Phi) is 6.61. The highest BCUT2D eigenvalue weighted by molar-refractivity contribution is 7.98. The van der Waals surface area contributed by atoms with Crippen molar-refractivity contribution in [1.29, 1.82) is 0 Å². The monoisotopic (exact) mass is 483 g/mol. The maximum atomic E-state index is 12.0. The molecule has 0 aliphatic rings. The molecule has 0 aliphatic carbocycles. The lowest BCUT2D eigenvalue weighted by atomic mass is 10.2. The maximum absolute atomic E-state index is 12.0. The number of benzene rings is 2. The third-order valence-corrected chi connectivity index (χ3v) is 6.76. The first-order valence-electron chi connectivity index (χ1n) is 9.94. The number of non-ortho nitro benzene ring substituents is 1. The number of nitro benzene ring substituents is 1. The van der Waals surface area contributed by atoms with E-state index in [2.05, 4.69) is 9.97 Å². The Morgan fingerprint density at radius 1 is 1.24 bits per heavy atom. The van der Waals surface area contributed by atoms with Crippen molar-refractivity contribution < 1.29 is 14.5 Å². The summed E-state index contributed by atoms with van der Waals surface area (Å²) in [5.41, 5.74) is 2.88. The predicted molar refractivity (Wildman–Crippen MR) is 128 cm³/mol. The summed E-state index contributed by atoms with van der Waals surface area (Å²) in [6.45, 7) is 0. The minimum absolute atomic E-state index is 0.00288. The van der Waals surface area contributed by atoms with Gasteiger partial charge >= 0.3 is 0 Å². The van der Waals surface area contributed by atoms with E-state index in [9.17, 15) is 14.9 Å². The van der Waals surface area contributed by atoms with Crippen LogP contribution in [0.3, 0.4) is 0 Å². The van der Waals surface area contributed by atoms with Crippen LogP contribution < -0.4 is 4.74 Å². The molecule has 0 fully saturated rings. The number of thiazole rings is 1. The van der Waals surface area contributed by atoms with Crippen LogP contribution in [0, 0.1) is 10.1 Å². The number of imidazole rings is 1. The Hall–Kier alpha value is -3.44. The lowest BCUT2D eigenvalue weighted by Crippen LogP contribution is -2.23. The molecule has 0 unspecified atom stereocenters. The zero-order valence-corrected chi connectivity index (χ0v) is 19.9. The first-order valence-corrected chi connectivity index (χ1v) is 11.8. The summed E-state index contributed by atoms with van der Waals surface area (Å²) in [5, 5.41) is 14.6. The Morgan fingerprint density at radius 3 is 2.76 bits per heavy atom. The molecule has 9 nitrogen and oxygen atoms in total. The summed E-state index contributed by atoms with van der Waals surface area (Å²) in [7, 11) is 5.04. The molecule has 170 valence electrons. The lowest BCUT2D eigenvalue weighted by molar-refractivity contribution is -0.384. The van der Waals surface area contributed by atoms with Crippen LogP contribution in [0.2, 0.25) is 0 Å². The zero-order chi connectivity index (χ0) is 23.5. The van der Waals surface area contributed by atoms with Crippen molar-refractivity contribution in [1.82, 2.24) is 19.4 Å². The van der Waals surface area contributed by atoms with Crippen LogP contribution in [0.4, 0.5) is 5.69 Å². The highest BCUT2D eigenvalue weighted by Crippen LogP contribution is 2.35. The number of fused-ring (bicyclic) bond motifs is 1. The SMILES string of the molecule is COc1ccccc1-n1c(SCc2csc(CC(=O)N(C)C)n2)nc2cc([N+](=O)[O-])ccc21. The number of carbonyl (C=O) groups is 1. The van der Waals surface area contributed by atoms with Gasteiger partial charge in [-0.2, -0.15) is 0 Å². The number of para-hydroxylation sites is 2. The molecule has 4 aromatic rings. The van der Waals surface area contributed by atoms with Crippen molar-refractivity contribution in [2.24, 2.45) is 0 Å². The van der Waals surface area contributed by atoms with E-state index in [0.29, 0.717) is 22.2 Å². The Balaban J connectivity index is 1.69. The number of methoxy groups -OCH3 is 1. The third-order valence-electron chi connectivity index (χ3n) is 4.89. The van der Waals surface area contributed by atoms with Gasteiger partial charge in [-0.05, 0) is 18.2 Å². The average Bonchev–Trinajstić information content (AvgIpc) is 3.40. The second kappa shape index (κ2) is 9.59. The van der Waals surface area contributed by atoms with Gasteiger partial charge in [0.25, 0.3) is 5.69 Å². The molecule has 0 saturated carbocycles. The minimum atomic E-state index is -0.430. The van der Waals surface area contributed by atoms with Crippen molar-refractivity contribution in [3.05, 3.63) is 68.7 Å². The molecule has 0 N–H and O–H groups in total. The number of nitrogens with zero attached hydrogens (tertiary/aromatic N) is 5. The van der Waals surface area contributed by atoms with Gasteiger partial charge in [-0.1, -0.05) is 23.9 Å². The van der Waals surface area contributed by atoms with Crippen molar-refractivity contribution in [3.8, 4) is 11.4 Å². The van der Waals surface area contributed by atoms with Crippen molar-refractivity contribution >= 4 is 45.7 Å². The van der Waals surface area contributed by atoms with Gasteiger partial charge in [-0.3, -0.25) is 19.5 Å². The highest BCUT2D eigenvalue weighted by atomic mass is 32.2. The molecule has 0 saturated heterocycles. The van der Waals surface area contributed by atoms with Gasteiger partial charge in [0.15, 0.2) is 5.16 Å². The van der Waals surface area contributed by atoms with Crippen LogP contribution in [0.15, 0.2) is 53.0 Å². The molecule has 2 aromatic carbocycles. The largest absolute Gasteiger partial charge is 0.495 e. The van der Waals surface area contributed by atoms with E-state index in [0.717, 1.165) is 21.9 Å². The zero-order valence-electron chi connectivity index (χ0n) is 18.2. The summed E-state index contributed by atoms with van der Waals surface area (Å²) in [4.78, 5) is 33.6. The average molecular weight is 484 g/mol. The second-order valence-electron chi connectivity index (χ2n) is 7.32. The molecule has 0 radical (unpaired) electrons. The van der Waals surface area contributed by atoms with Gasteiger partial charge in [0.05, 0.1) is 40.9 Å². The molecule has 0 atom stereocenters. The summed E-state index contributed by atoms with van der Waals surface area (Å²) in [5.74, 6) is 1.20. The third kappa shape index (κ3) is 4.83. The van der Waals surface area contributed by atoms with Crippen molar-refractivity contribution in [2.45, 2.75) is 17.3 Å². The van der Waals surface area contributed by atoms with Crippen molar-refractivity contribution in [3.63, 3.8) is 0 Å². The summed E-state index contributed by atoms with van der Waals surface area (Å²) in [6.07, 6.45) is 0.270. The molecule has 1 amide bonds. The molecule has 4 rings (SSSR count). The van der Waals surface area contributed by atoms with Gasteiger partial charge in [0, 0.05) is 37.4 Å². The summed E-state index contributed by atoms with van der Waals surface area (Å²) < 4.78 is 7.48. The number of likely N-dealkylation sites (N-methyl/N-ethyl adjacent to an activating group) is 1. The number of aromatic nitrogens is 3. The molecule has 11 heteroatoms. The van der Waals surface area contributed by atoms with E-state index >= 15 is 0 Å². The number of hydrogen-bond acceptors (Lipinski definition) is 8. The van der Waals surface area contributed by atoms with E-state index in [-0.39, 0.29) is 18.0 Å². The van der Waals surface area contributed by atoms with E-state index in [4.69, 9.17) is 4.74 Å². The molecule has 2 aromatic heterocycles. The lowest BCUT2D eigenvalue weighted by Gasteiger charge is -2.12. The molecule has 0 bridgehead atoms. The standard InChI is InChI=1S/C22H21N5O4S2/c1-25(2)21(28)11-20-23-14(12-32-20)13-33-22-24-16-10-15(27(29)30)8-9-17(16)26(22)18-6-4-5-7-19(18)31-3/h4-10,12H,11,13H2,1-3H3. The smallest absolute Gasteiger partial charge is 0.271 e. The number of hydrogen-bond donors (Lipinski definition) is 0. The van der Waals surface area contributed by atoms with E-state index in [1.807, 2.05) is 34.2 Å². The van der Waals surface area contributed by atoms with Crippen LogP contribution in [0.25, 0.3) is 16.7 Å². The van der Waals surface area contributed by atoms with Crippen LogP contribution >= 0.6 is 23.1 Å². The van der Waals surface area contributed by atoms with Crippen molar-refractivity contribution in [2.75, 3.05) is 21.2 Å². The highest BCUT2D eigenvalue weighted by Gasteiger charge is 2.19. The number of nitro groups is 1. The van der Waals surface area contributed by atoms with Gasteiger partial charge < -0.3 is 9.64 Å². The van der Waals surface area contributed by atoms with Gasteiger partial charge in [0.1, 0.15) is 10.8 Å². The summed E-state index contributed by atoms with van der Waals surface area (Å²) >= 11 is 2.92. The minimum Gasteiger partial charge on any atom is -0.495 e. The summed E-state index contributed by atoms with van der Waals surface area (Å²) in [6, 6.07) is 12.2. The topological polar surface area (TPSA) is 103 Å². The maximum Gasteiger partial charge on any atom is 0.271 e. The van der Waals surface area contributed by atoms with Gasteiger partial charge in [0.2, 0.25) is 5.91 Å². The van der Waals surface area contributed by atoms with E-state index < -0.39 is 4.92 Å². The number of ether oxygens (including phenoxy) is 1.